The molecule has 0 bridgehead atoms. The number of carboxylic acid groups (broad SMARTS) is 1. The van der Waals surface area contributed by atoms with Crippen LogP contribution < -0.4 is 5.32 Å². The number of aromatic nitrogens is 3. The number of allylic oxidation sites excluding steroid dienone is 2. The number of pyridine rings is 1. The molecule has 0 unspecified atom stereocenters. The molecule has 0 spiro atoms. The van der Waals surface area contributed by atoms with Crippen molar-refractivity contribution in [3.63, 3.8) is 0 Å². The van der Waals surface area contributed by atoms with Gasteiger partial charge in [0, 0.05) is 36.7 Å². The molecule has 44 heavy (non-hydrogen) atoms. The average Bonchev–Trinajstić information content (AvgIpc) is 3.52. The van der Waals surface area contributed by atoms with Crippen molar-refractivity contribution in [3.8, 4) is 0 Å². The molecule has 230 valence electrons. The van der Waals surface area contributed by atoms with Gasteiger partial charge in [-0.05, 0) is 79.3 Å². The molecular formula is C31H31F3N6O4. The fourth-order valence-corrected chi connectivity index (χ4v) is 5.19. The number of carboxylic acids is 1. The molecule has 1 fully saturated rings. The maximum Gasteiger partial charge on any atom is 0.490 e. The summed E-state index contributed by atoms with van der Waals surface area (Å²) in [5.74, 6) is -2.24. The first kappa shape index (κ1) is 31.9. The Balaban J connectivity index is 0.000000566. The number of aromatic amines is 1. The molecular weight excluding hydrogens is 577 g/mol. The average molecular weight is 609 g/mol. The Labute approximate surface area is 251 Å². The summed E-state index contributed by atoms with van der Waals surface area (Å²) >= 11 is 0. The molecule has 3 heterocycles. The van der Waals surface area contributed by atoms with Crippen molar-refractivity contribution in [2.24, 2.45) is 0 Å². The number of nitrogens with zero attached hydrogens (tertiary/aromatic N) is 4. The summed E-state index contributed by atoms with van der Waals surface area (Å²) in [5.41, 5.74) is 5.25. The van der Waals surface area contributed by atoms with E-state index < -0.39 is 12.1 Å². The van der Waals surface area contributed by atoms with Crippen LogP contribution in [0.15, 0.2) is 55.0 Å². The summed E-state index contributed by atoms with van der Waals surface area (Å²) in [4.78, 5) is 50.6. The van der Waals surface area contributed by atoms with Gasteiger partial charge in [-0.25, -0.2) is 9.78 Å². The number of aliphatic carboxylic acids is 1. The van der Waals surface area contributed by atoms with Crippen LogP contribution in [-0.2, 0) is 16.0 Å². The predicted octanol–water partition coefficient (Wildman–Crippen LogP) is 6.15. The topological polar surface area (TPSA) is 133 Å². The van der Waals surface area contributed by atoms with Crippen LogP contribution in [-0.4, -0.2) is 62.0 Å². The van der Waals surface area contributed by atoms with Gasteiger partial charge in [0.15, 0.2) is 0 Å². The summed E-state index contributed by atoms with van der Waals surface area (Å²) < 4.78 is 31.7. The molecule has 1 aliphatic heterocycles. The van der Waals surface area contributed by atoms with Crippen molar-refractivity contribution in [1.29, 1.82) is 0 Å². The molecule has 0 atom stereocenters. The number of carbonyl (C=O) groups is 3. The molecule has 10 nitrogen and oxygen atoms in total. The van der Waals surface area contributed by atoms with Gasteiger partial charge in [0.2, 0.25) is 11.7 Å². The molecule has 0 radical (unpaired) electrons. The van der Waals surface area contributed by atoms with Crippen LogP contribution in [0.25, 0.3) is 10.4 Å². The molecule has 1 aromatic carbocycles. The number of H-pyrrole nitrogens is 1. The van der Waals surface area contributed by atoms with Crippen molar-refractivity contribution < 1.29 is 32.7 Å². The van der Waals surface area contributed by atoms with Gasteiger partial charge in [-0.1, -0.05) is 24.8 Å². The lowest BCUT2D eigenvalue weighted by Crippen LogP contribution is -2.38. The van der Waals surface area contributed by atoms with E-state index in [1.807, 2.05) is 23.1 Å². The van der Waals surface area contributed by atoms with E-state index in [0.29, 0.717) is 12.3 Å². The first-order valence-electron chi connectivity index (χ1n) is 14.1. The van der Waals surface area contributed by atoms with Crippen LogP contribution in [0.1, 0.15) is 71.8 Å². The van der Waals surface area contributed by atoms with Gasteiger partial charge in [0.1, 0.15) is 0 Å². The third kappa shape index (κ3) is 8.53. The lowest BCUT2D eigenvalue weighted by atomic mass is 9.85. The number of piperidine rings is 1. The first-order valence-corrected chi connectivity index (χ1v) is 14.1. The van der Waals surface area contributed by atoms with E-state index in [1.165, 1.54) is 23.8 Å². The van der Waals surface area contributed by atoms with E-state index in [2.05, 4.69) is 43.3 Å². The number of carbonyl (C=O) groups excluding carboxylic acids is 2. The molecule has 2 amide bonds. The minimum Gasteiger partial charge on any atom is -0.475 e. The monoisotopic (exact) mass is 608 g/mol. The second kappa shape index (κ2) is 14.5. The molecule has 2 aromatic heterocycles. The van der Waals surface area contributed by atoms with Gasteiger partial charge in [-0.2, -0.15) is 13.2 Å². The fourth-order valence-electron chi connectivity index (χ4n) is 5.19. The van der Waals surface area contributed by atoms with E-state index in [0.717, 1.165) is 62.0 Å². The molecule has 0 saturated carbocycles. The van der Waals surface area contributed by atoms with Crippen LogP contribution in [0.5, 0.6) is 0 Å². The molecule has 3 N–H and O–H groups in total. The highest BCUT2D eigenvalue weighted by Crippen LogP contribution is 2.36. The third-order valence-corrected chi connectivity index (χ3v) is 7.47. The quantitative estimate of drug-likeness (QED) is 0.288. The van der Waals surface area contributed by atoms with Crippen LogP contribution in [0.3, 0.4) is 0 Å². The lowest BCUT2D eigenvalue weighted by Gasteiger charge is -2.33. The van der Waals surface area contributed by atoms with Crippen LogP contribution >= 0.6 is 0 Å². The highest BCUT2D eigenvalue weighted by atomic mass is 19.4. The van der Waals surface area contributed by atoms with E-state index in [9.17, 15) is 22.8 Å². The number of hydrogen-bond acceptors (Lipinski definition) is 5. The van der Waals surface area contributed by atoms with Crippen molar-refractivity contribution in [1.82, 2.24) is 19.9 Å². The summed E-state index contributed by atoms with van der Waals surface area (Å²) in [6.07, 6.45) is 8.58. The minimum absolute atomic E-state index is 0.127. The van der Waals surface area contributed by atoms with Crippen molar-refractivity contribution in [2.75, 3.05) is 18.4 Å². The number of imidazole rings is 1. The zero-order valence-corrected chi connectivity index (χ0v) is 23.7. The summed E-state index contributed by atoms with van der Waals surface area (Å²) in [6.45, 7) is 8.56. The Morgan fingerprint density at radius 3 is 2.48 bits per heavy atom. The zero-order chi connectivity index (χ0) is 31.7. The fraction of sp³-hybridized carbons (Fsp3) is 0.355. The smallest absolute Gasteiger partial charge is 0.475 e. The number of rotatable bonds is 6. The maximum atomic E-state index is 12.8. The molecule has 13 heteroatoms. The highest BCUT2D eigenvalue weighted by molar-refractivity contribution is 6.03. The Morgan fingerprint density at radius 1 is 1.14 bits per heavy atom. The number of anilines is 1. The molecule has 3 aromatic rings. The van der Waals surface area contributed by atoms with Crippen LogP contribution in [0.4, 0.5) is 24.7 Å². The summed E-state index contributed by atoms with van der Waals surface area (Å²) in [6, 6.07) is 10.1. The number of nitrogens with one attached hydrogen (secondary N) is 2. The van der Waals surface area contributed by atoms with E-state index in [1.54, 1.807) is 12.4 Å². The Bertz CT molecular complexity index is 1550. The standard InChI is InChI=1S/C29H30N6O2.C2HF3O2/c1-30-26-19-32-28(34-26)29(37)33-25-10-9-23(17-24(25)22-7-3-2-4-8-22)21-11-14-35(15-12-21)27(36)16-20-6-5-13-31-18-20;3-2(4,5)1(6)7/h5-7,9-10,13,17-19,21H,2-4,8,11-12,14-16H2,(H,32,34)(H,33,37);(H,6,7). The Hall–Kier alpha value is -4.99. The van der Waals surface area contributed by atoms with Gasteiger partial charge in [-0.3, -0.25) is 19.6 Å². The van der Waals surface area contributed by atoms with Gasteiger partial charge in [0.25, 0.3) is 5.82 Å². The van der Waals surface area contributed by atoms with E-state index in [4.69, 9.17) is 16.5 Å². The second-order valence-electron chi connectivity index (χ2n) is 10.5. The van der Waals surface area contributed by atoms with Crippen molar-refractivity contribution in [3.05, 3.63) is 88.9 Å². The molecule has 2 aliphatic rings. The van der Waals surface area contributed by atoms with Crippen LogP contribution in [0.2, 0.25) is 0 Å². The Kier molecular flexibility index (Phi) is 10.5. The van der Waals surface area contributed by atoms with Gasteiger partial charge in [0.05, 0.1) is 12.6 Å². The van der Waals surface area contributed by atoms with Gasteiger partial charge < -0.3 is 20.2 Å². The van der Waals surface area contributed by atoms with E-state index >= 15 is 0 Å². The van der Waals surface area contributed by atoms with Gasteiger partial charge in [-0.15, -0.1) is 0 Å². The third-order valence-electron chi connectivity index (χ3n) is 7.47. The molecule has 1 saturated heterocycles. The summed E-state index contributed by atoms with van der Waals surface area (Å²) in [7, 11) is 0. The number of alkyl halides is 3. The Morgan fingerprint density at radius 2 is 1.89 bits per heavy atom. The number of amides is 2. The number of benzene rings is 1. The second-order valence-corrected chi connectivity index (χ2v) is 10.5. The van der Waals surface area contributed by atoms with Crippen molar-refractivity contribution in [2.45, 2.75) is 57.0 Å². The normalized spacial score (nSPS) is 15.3. The predicted molar refractivity (Wildman–Crippen MR) is 156 cm³/mol. The first-order chi connectivity index (χ1) is 21.0. The van der Waals surface area contributed by atoms with Crippen molar-refractivity contribution >= 4 is 34.9 Å². The zero-order valence-electron chi connectivity index (χ0n) is 23.7. The minimum atomic E-state index is -5.08. The summed E-state index contributed by atoms with van der Waals surface area (Å²) in [5, 5.41) is 10.1. The molecule has 5 rings (SSSR count). The number of halogens is 3. The molecule has 1 aliphatic carbocycles. The maximum absolute atomic E-state index is 12.8. The number of hydrogen-bond donors (Lipinski definition) is 3. The van der Waals surface area contributed by atoms with Gasteiger partial charge >= 0.3 is 18.1 Å². The number of likely N-dealkylation sites (tertiary alicyclic amines) is 1. The largest absolute Gasteiger partial charge is 0.490 e. The van der Waals surface area contributed by atoms with Crippen LogP contribution in [0, 0.1) is 6.57 Å². The lowest BCUT2D eigenvalue weighted by molar-refractivity contribution is -0.192. The highest BCUT2D eigenvalue weighted by Gasteiger charge is 2.38. The SMILES string of the molecule is O=C(O)C(F)(F)F.[C-]#[N+]c1cnc(C(=O)Nc2ccc(C3CCN(C(=O)Cc4cccnc4)CC3)cc2C2=CCCCC2)[nH]1. The van der Waals surface area contributed by atoms with E-state index in [-0.39, 0.29) is 23.5 Å².